The van der Waals surface area contributed by atoms with Crippen LogP contribution in [-0.4, -0.2) is 12.6 Å². The van der Waals surface area contributed by atoms with Crippen molar-refractivity contribution in [3.8, 4) is 0 Å². The lowest BCUT2D eigenvalue weighted by Gasteiger charge is -2.05. The SMILES string of the molecule is O=C(OCCCc1ccccc1)c1ccc(F)cc1. The molecule has 2 aromatic rings. The molecule has 0 atom stereocenters. The van der Waals surface area contributed by atoms with E-state index in [1.165, 1.54) is 29.8 Å². The first kappa shape index (κ1) is 13.3. The van der Waals surface area contributed by atoms with Crippen LogP contribution in [0.5, 0.6) is 0 Å². The molecule has 0 spiro atoms. The molecular formula is C16H15FO2. The number of carbonyl (C=O) groups excluding carboxylic acids is 1. The molecule has 0 aromatic heterocycles. The van der Waals surface area contributed by atoms with Crippen LogP contribution < -0.4 is 0 Å². The van der Waals surface area contributed by atoms with E-state index in [2.05, 4.69) is 0 Å². The molecule has 2 rings (SSSR count). The van der Waals surface area contributed by atoms with Gasteiger partial charge in [-0.2, -0.15) is 0 Å². The summed E-state index contributed by atoms with van der Waals surface area (Å²) in [6.45, 7) is 0.366. The van der Waals surface area contributed by atoms with Gasteiger partial charge in [0.15, 0.2) is 0 Å². The average Bonchev–Trinajstić information content (AvgIpc) is 2.45. The zero-order chi connectivity index (χ0) is 13.5. The molecule has 0 heterocycles. The summed E-state index contributed by atoms with van der Waals surface area (Å²) in [4.78, 5) is 11.6. The van der Waals surface area contributed by atoms with E-state index in [1.54, 1.807) is 0 Å². The van der Waals surface area contributed by atoms with Gasteiger partial charge in [0.2, 0.25) is 0 Å². The molecule has 0 fully saturated rings. The fraction of sp³-hybridized carbons (Fsp3) is 0.188. The maximum atomic E-state index is 12.7. The van der Waals surface area contributed by atoms with Crippen LogP contribution >= 0.6 is 0 Å². The van der Waals surface area contributed by atoms with Crippen LogP contribution in [0.15, 0.2) is 54.6 Å². The molecular weight excluding hydrogens is 243 g/mol. The fourth-order valence-electron chi connectivity index (χ4n) is 1.76. The Bertz CT molecular complexity index is 520. The highest BCUT2D eigenvalue weighted by atomic mass is 19.1. The van der Waals surface area contributed by atoms with E-state index in [0.717, 1.165) is 12.8 Å². The molecule has 0 amide bonds. The second-order valence-electron chi connectivity index (χ2n) is 4.23. The Morgan fingerprint density at radius 2 is 1.68 bits per heavy atom. The van der Waals surface area contributed by atoms with E-state index in [0.29, 0.717) is 12.2 Å². The van der Waals surface area contributed by atoms with Crippen molar-refractivity contribution in [3.63, 3.8) is 0 Å². The summed E-state index contributed by atoms with van der Waals surface area (Å²) in [5, 5.41) is 0. The second-order valence-corrected chi connectivity index (χ2v) is 4.23. The maximum Gasteiger partial charge on any atom is 0.338 e. The third-order valence-electron chi connectivity index (χ3n) is 2.77. The first-order valence-electron chi connectivity index (χ1n) is 6.22. The number of carbonyl (C=O) groups is 1. The van der Waals surface area contributed by atoms with Crippen LogP contribution in [0.4, 0.5) is 4.39 Å². The molecule has 0 N–H and O–H groups in total. The molecule has 2 aromatic carbocycles. The number of halogens is 1. The summed E-state index contributed by atoms with van der Waals surface area (Å²) in [5.41, 5.74) is 1.60. The van der Waals surface area contributed by atoms with Crippen molar-refractivity contribution in [1.82, 2.24) is 0 Å². The van der Waals surface area contributed by atoms with Gasteiger partial charge < -0.3 is 4.74 Å². The largest absolute Gasteiger partial charge is 0.462 e. The van der Waals surface area contributed by atoms with E-state index in [1.807, 2.05) is 30.3 Å². The van der Waals surface area contributed by atoms with Gasteiger partial charge in [-0.3, -0.25) is 0 Å². The highest BCUT2D eigenvalue weighted by Gasteiger charge is 2.06. The van der Waals surface area contributed by atoms with Crippen LogP contribution in [0.1, 0.15) is 22.3 Å². The number of ether oxygens (including phenoxy) is 1. The monoisotopic (exact) mass is 258 g/mol. The molecule has 0 aliphatic heterocycles. The van der Waals surface area contributed by atoms with Gasteiger partial charge in [-0.25, -0.2) is 9.18 Å². The average molecular weight is 258 g/mol. The molecule has 2 nitrogen and oxygen atoms in total. The summed E-state index contributed by atoms with van der Waals surface area (Å²) in [5.74, 6) is -0.770. The van der Waals surface area contributed by atoms with Crippen LogP contribution in [0.25, 0.3) is 0 Å². The Morgan fingerprint density at radius 3 is 2.37 bits per heavy atom. The van der Waals surface area contributed by atoms with Crippen molar-refractivity contribution in [2.75, 3.05) is 6.61 Å². The van der Waals surface area contributed by atoms with Gasteiger partial charge in [0.25, 0.3) is 0 Å². The van der Waals surface area contributed by atoms with Crippen LogP contribution in [0.3, 0.4) is 0 Å². The predicted molar refractivity (Wildman–Crippen MR) is 71.4 cm³/mol. The van der Waals surface area contributed by atoms with Crippen molar-refractivity contribution < 1.29 is 13.9 Å². The Kier molecular flexibility index (Phi) is 4.67. The zero-order valence-electron chi connectivity index (χ0n) is 10.5. The molecule has 0 radical (unpaired) electrons. The first-order valence-corrected chi connectivity index (χ1v) is 6.22. The Morgan fingerprint density at radius 1 is 1.00 bits per heavy atom. The third-order valence-corrected chi connectivity index (χ3v) is 2.77. The minimum Gasteiger partial charge on any atom is -0.462 e. The quantitative estimate of drug-likeness (QED) is 0.605. The van der Waals surface area contributed by atoms with Crippen molar-refractivity contribution in [2.24, 2.45) is 0 Å². The Balaban J connectivity index is 1.74. The molecule has 3 heteroatoms. The maximum absolute atomic E-state index is 12.7. The van der Waals surface area contributed by atoms with Gasteiger partial charge >= 0.3 is 5.97 Å². The highest BCUT2D eigenvalue weighted by molar-refractivity contribution is 5.89. The minimum absolute atomic E-state index is 0.361. The second kappa shape index (κ2) is 6.69. The highest BCUT2D eigenvalue weighted by Crippen LogP contribution is 2.06. The smallest absolute Gasteiger partial charge is 0.338 e. The standard InChI is InChI=1S/C16H15FO2/c17-15-10-8-14(9-11-15)16(18)19-12-4-7-13-5-2-1-3-6-13/h1-3,5-6,8-11H,4,7,12H2. The summed E-state index contributed by atoms with van der Waals surface area (Å²) >= 11 is 0. The van der Waals surface area contributed by atoms with E-state index in [-0.39, 0.29) is 5.82 Å². The van der Waals surface area contributed by atoms with E-state index < -0.39 is 5.97 Å². The molecule has 0 bridgehead atoms. The number of rotatable bonds is 5. The molecule has 0 saturated heterocycles. The normalized spacial score (nSPS) is 10.2. The molecule has 0 aliphatic rings. The lowest BCUT2D eigenvalue weighted by molar-refractivity contribution is 0.0500. The van der Waals surface area contributed by atoms with Crippen molar-refractivity contribution in [3.05, 3.63) is 71.5 Å². The van der Waals surface area contributed by atoms with Crippen molar-refractivity contribution >= 4 is 5.97 Å². The summed E-state index contributed by atoms with van der Waals surface area (Å²) in [7, 11) is 0. The van der Waals surface area contributed by atoms with Gasteiger partial charge in [-0.05, 0) is 42.7 Å². The van der Waals surface area contributed by atoms with Gasteiger partial charge in [-0.15, -0.1) is 0 Å². The zero-order valence-corrected chi connectivity index (χ0v) is 10.5. The van der Waals surface area contributed by atoms with Gasteiger partial charge in [0, 0.05) is 0 Å². The van der Waals surface area contributed by atoms with Crippen LogP contribution in [0.2, 0.25) is 0 Å². The predicted octanol–water partition coefficient (Wildman–Crippen LogP) is 3.62. The third kappa shape index (κ3) is 4.21. The van der Waals surface area contributed by atoms with Crippen molar-refractivity contribution in [2.45, 2.75) is 12.8 Å². The first-order chi connectivity index (χ1) is 9.25. The molecule has 0 unspecified atom stereocenters. The number of esters is 1. The van der Waals surface area contributed by atoms with E-state index in [9.17, 15) is 9.18 Å². The summed E-state index contributed by atoms with van der Waals surface area (Å²) in [6, 6.07) is 15.4. The molecule has 98 valence electrons. The van der Waals surface area contributed by atoms with Gasteiger partial charge in [-0.1, -0.05) is 30.3 Å². The summed E-state index contributed by atoms with van der Waals surface area (Å²) in [6.07, 6.45) is 1.65. The minimum atomic E-state index is -0.409. The number of hydrogen-bond acceptors (Lipinski definition) is 2. The summed E-state index contributed by atoms with van der Waals surface area (Å²) < 4.78 is 17.8. The van der Waals surface area contributed by atoms with Gasteiger partial charge in [0.1, 0.15) is 5.82 Å². The number of hydrogen-bond donors (Lipinski definition) is 0. The Labute approximate surface area is 111 Å². The van der Waals surface area contributed by atoms with Crippen molar-refractivity contribution in [1.29, 1.82) is 0 Å². The number of aryl methyl sites for hydroxylation is 1. The molecule has 19 heavy (non-hydrogen) atoms. The fourth-order valence-corrected chi connectivity index (χ4v) is 1.76. The lowest BCUT2D eigenvalue weighted by Crippen LogP contribution is -2.07. The molecule has 0 aliphatic carbocycles. The van der Waals surface area contributed by atoms with E-state index in [4.69, 9.17) is 4.74 Å². The number of benzene rings is 2. The topological polar surface area (TPSA) is 26.3 Å². The Hall–Kier alpha value is -2.16. The van der Waals surface area contributed by atoms with Crippen LogP contribution in [0, 0.1) is 5.82 Å². The lowest BCUT2D eigenvalue weighted by atomic mass is 10.1. The van der Waals surface area contributed by atoms with E-state index >= 15 is 0 Å². The molecule has 0 saturated carbocycles. The van der Waals surface area contributed by atoms with Crippen LogP contribution in [-0.2, 0) is 11.2 Å². The van der Waals surface area contributed by atoms with Gasteiger partial charge in [0.05, 0.1) is 12.2 Å².